The maximum absolute atomic E-state index is 12.3. The second kappa shape index (κ2) is 6.73. The van der Waals surface area contributed by atoms with Crippen molar-refractivity contribution in [3.05, 3.63) is 29.3 Å². The smallest absolute Gasteiger partial charge is 0.314 e. The summed E-state index contributed by atoms with van der Waals surface area (Å²) < 4.78 is 5.12. The molecule has 6 nitrogen and oxygen atoms in total. The SMILES string of the molecule is CCOC(=O)[C@H]1CCC[NH+](CN2C(=O)C(=O)c3cc(C)ccc32)C1. The van der Waals surface area contributed by atoms with Gasteiger partial charge in [0.2, 0.25) is 0 Å². The number of ether oxygens (including phenoxy) is 1. The number of hydrogen-bond donors (Lipinski definition) is 1. The van der Waals surface area contributed by atoms with Crippen molar-refractivity contribution in [1.29, 1.82) is 0 Å². The van der Waals surface area contributed by atoms with E-state index in [1.165, 1.54) is 0 Å². The van der Waals surface area contributed by atoms with Gasteiger partial charge in [-0.1, -0.05) is 11.6 Å². The van der Waals surface area contributed by atoms with Crippen LogP contribution >= 0.6 is 0 Å². The van der Waals surface area contributed by atoms with Crippen LogP contribution in [0.2, 0.25) is 0 Å². The first-order valence-corrected chi connectivity index (χ1v) is 8.48. The Balaban J connectivity index is 1.73. The number of carbonyl (C=O) groups is 3. The Bertz CT molecular complexity index is 686. The minimum Gasteiger partial charge on any atom is -0.466 e. The molecule has 24 heavy (non-hydrogen) atoms. The summed E-state index contributed by atoms with van der Waals surface area (Å²) in [6.07, 6.45) is 1.74. The molecule has 0 bridgehead atoms. The lowest BCUT2D eigenvalue weighted by atomic mass is 9.98. The van der Waals surface area contributed by atoms with E-state index in [1.54, 1.807) is 17.9 Å². The van der Waals surface area contributed by atoms with Gasteiger partial charge in [-0.2, -0.15) is 0 Å². The first kappa shape index (κ1) is 16.6. The molecule has 1 unspecified atom stereocenters. The number of nitrogens with zero attached hydrogens (tertiary/aromatic N) is 1. The number of ketones is 1. The van der Waals surface area contributed by atoms with Crippen LogP contribution in [0.5, 0.6) is 0 Å². The van der Waals surface area contributed by atoms with Crippen LogP contribution in [0.4, 0.5) is 5.69 Å². The van der Waals surface area contributed by atoms with Crippen LogP contribution in [-0.2, 0) is 14.3 Å². The van der Waals surface area contributed by atoms with Crippen LogP contribution in [0.3, 0.4) is 0 Å². The molecule has 2 heterocycles. The van der Waals surface area contributed by atoms with E-state index < -0.39 is 11.7 Å². The monoisotopic (exact) mass is 331 g/mol. The van der Waals surface area contributed by atoms with Gasteiger partial charge in [-0.15, -0.1) is 0 Å². The standard InChI is InChI=1S/C18H22N2O4/c1-3-24-18(23)13-5-4-8-19(10-13)11-20-15-7-6-12(2)9-14(15)16(21)17(20)22/h6-7,9,13H,3-5,8,10-11H2,1-2H3/p+1/t13-/m0/s1. The Morgan fingerprint density at radius 2 is 2.17 bits per heavy atom. The van der Waals surface area contributed by atoms with Crippen LogP contribution in [-0.4, -0.2) is 44.0 Å². The lowest BCUT2D eigenvalue weighted by Crippen LogP contribution is -3.15. The maximum Gasteiger partial charge on any atom is 0.314 e. The molecular weight excluding hydrogens is 308 g/mol. The van der Waals surface area contributed by atoms with E-state index in [4.69, 9.17) is 4.74 Å². The van der Waals surface area contributed by atoms with Gasteiger partial charge in [-0.3, -0.25) is 19.3 Å². The number of Topliss-reactive ketones (excluding diaryl/α,β-unsaturated/α-hetero) is 1. The van der Waals surface area contributed by atoms with E-state index in [9.17, 15) is 14.4 Å². The minimum atomic E-state index is -0.471. The first-order chi connectivity index (χ1) is 11.5. The predicted molar refractivity (Wildman–Crippen MR) is 87.9 cm³/mol. The molecule has 0 aromatic heterocycles. The number of fused-ring (bicyclic) bond motifs is 1. The molecule has 2 aliphatic rings. The molecule has 0 radical (unpaired) electrons. The van der Waals surface area contributed by atoms with Gasteiger partial charge in [0.05, 0.1) is 30.9 Å². The Kier molecular flexibility index (Phi) is 4.66. The van der Waals surface area contributed by atoms with Crippen molar-refractivity contribution in [3.8, 4) is 0 Å². The van der Waals surface area contributed by atoms with Gasteiger partial charge in [0.25, 0.3) is 5.78 Å². The van der Waals surface area contributed by atoms with E-state index >= 15 is 0 Å². The molecular formula is C18H23N2O4+. The van der Waals surface area contributed by atoms with Gasteiger partial charge in [0.1, 0.15) is 5.92 Å². The summed E-state index contributed by atoms with van der Waals surface area (Å²) >= 11 is 0. The zero-order valence-electron chi connectivity index (χ0n) is 14.1. The number of rotatable bonds is 4. The van der Waals surface area contributed by atoms with Crippen LogP contribution in [0.25, 0.3) is 0 Å². The largest absolute Gasteiger partial charge is 0.466 e. The molecule has 0 spiro atoms. The highest BCUT2D eigenvalue weighted by atomic mass is 16.5. The summed E-state index contributed by atoms with van der Waals surface area (Å²) in [6, 6.07) is 5.51. The fourth-order valence-corrected chi connectivity index (χ4v) is 3.55. The van der Waals surface area contributed by atoms with Gasteiger partial charge in [0, 0.05) is 0 Å². The second-order valence-corrected chi connectivity index (χ2v) is 6.54. The third kappa shape index (κ3) is 3.06. The Morgan fingerprint density at radius 1 is 1.38 bits per heavy atom. The summed E-state index contributed by atoms with van der Waals surface area (Å²) in [4.78, 5) is 39.2. The molecule has 1 amide bonds. The van der Waals surface area contributed by atoms with Gasteiger partial charge in [0.15, 0.2) is 6.67 Å². The van der Waals surface area contributed by atoms with Gasteiger partial charge >= 0.3 is 11.9 Å². The van der Waals surface area contributed by atoms with E-state index in [0.29, 0.717) is 31.1 Å². The molecule has 2 atom stereocenters. The lowest BCUT2D eigenvalue weighted by Gasteiger charge is -2.31. The molecule has 0 aliphatic carbocycles. The fraction of sp³-hybridized carbons (Fsp3) is 0.500. The van der Waals surface area contributed by atoms with Crippen molar-refractivity contribution in [2.75, 3.05) is 31.3 Å². The van der Waals surface area contributed by atoms with Crippen LogP contribution in [0, 0.1) is 12.8 Å². The average Bonchev–Trinajstić information content (AvgIpc) is 2.80. The van der Waals surface area contributed by atoms with Crippen molar-refractivity contribution in [3.63, 3.8) is 0 Å². The first-order valence-electron chi connectivity index (χ1n) is 8.48. The van der Waals surface area contributed by atoms with Gasteiger partial charge in [-0.25, -0.2) is 0 Å². The number of anilines is 1. The summed E-state index contributed by atoms with van der Waals surface area (Å²) in [5.74, 6) is -1.19. The summed E-state index contributed by atoms with van der Waals surface area (Å²) in [5, 5.41) is 0. The van der Waals surface area contributed by atoms with E-state index in [2.05, 4.69) is 0 Å². The number of aryl methyl sites for hydroxylation is 1. The lowest BCUT2D eigenvalue weighted by molar-refractivity contribution is -0.906. The quantitative estimate of drug-likeness (QED) is 0.638. The summed E-state index contributed by atoms with van der Waals surface area (Å²) in [7, 11) is 0. The molecule has 1 aromatic carbocycles. The highest BCUT2D eigenvalue weighted by Crippen LogP contribution is 2.28. The Morgan fingerprint density at radius 3 is 2.92 bits per heavy atom. The van der Waals surface area contributed by atoms with Crippen LogP contribution in [0.15, 0.2) is 18.2 Å². The highest BCUT2D eigenvalue weighted by Gasteiger charge is 2.39. The number of carbonyl (C=O) groups excluding carboxylic acids is 3. The number of benzene rings is 1. The molecule has 1 fully saturated rings. The zero-order valence-corrected chi connectivity index (χ0v) is 14.1. The molecule has 6 heteroatoms. The number of esters is 1. The molecule has 128 valence electrons. The summed E-state index contributed by atoms with van der Waals surface area (Å²) in [6.45, 7) is 6.03. The minimum absolute atomic E-state index is 0.125. The molecule has 1 aromatic rings. The molecule has 3 rings (SSSR count). The number of quaternary nitrogens is 1. The number of amides is 1. The van der Waals surface area contributed by atoms with Crippen molar-refractivity contribution in [1.82, 2.24) is 0 Å². The van der Waals surface area contributed by atoms with Crippen molar-refractivity contribution < 1.29 is 24.0 Å². The van der Waals surface area contributed by atoms with E-state index in [0.717, 1.165) is 29.8 Å². The average molecular weight is 331 g/mol. The normalized spacial score (nSPS) is 23.3. The van der Waals surface area contributed by atoms with Crippen LogP contribution in [0.1, 0.15) is 35.7 Å². The highest BCUT2D eigenvalue weighted by molar-refractivity contribution is 6.52. The summed E-state index contributed by atoms with van der Waals surface area (Å²) in [5.41, 5.74) is 2.13. The maximum atomic E-state index is 12.3. The topological polar surface area (TPSA) is 68.1 Å². The van der Waals surface area contributed by atoms with Crippen molar-refractivity contribution in [2.45, 2.75) is 26.7 Å². The third-order valence-electron chi connectivity index (χ3n) is 4.75. The molecule has 2 aliphatic heterocycles. The predicted octanol–water partition coefficient (Wildman–Crippen LogP) is 0.340. The number of likely N-dealkylation sites (tertiary alicyclic amines) is 1. The molecule has 0 saturated carbocycles. The number of nitrogens with one attached hydrogen (secondary N) is 1. The third-order valence-corrected chi connectivity index (χ3v) is 4.75. The van der Waals surface area contributed by atoms with E-state index in [1.807, 2.05) is 19.1 Å². The second-order valence-electron chi connectivity index (χ2n) is 6.54. The van der Waals surface area contributed by atoms with E-state index in [-0.39, 0.29) is 11.9 Å². The Hall–Kier alpha value is -2.21. The zero-order chi connectivity index (χ0) is 17.3. The van der Waals surface area contributed by atoms with Gasteiger partial charge in [-0.05, 0) is 38.8 Å². The van der Waals surface area contributed by atoms with Crippen molar-refractivity contribution >= 4 is 23.3 Å². The fourth-order valence-electron chi connectivity index (χ4n) is 3.55. The molecule has 1 saturated heterocycles. The van der Waals surface area contributed by atoms with Crippen molar-refractivity contribution in [2.24, 2.45) is 5.92 Å². The number of hydrogen-bond acceptors (Lipinski definition) is 4. The molecule has 1 N–H and O–H groups in total. The number of piperidine rings is 1. The Labute approximate surface area is 141 Å². The van der Waals surface area contributed by atoms with Crippen LogP contribution < -0.4 is 9.80 Å². The van der Waals surface area contributed by atoms with Gasteiger partial charge < -0.3 is 9.64 Å².